The van der Waals surface area contributed by atoms with Crippen molar-refractivity contribution in [1.82, 2.24) is 4.31 Å². The van der Waals surface area contributed by atoms with E-state index in [9.17, 15) is 18.2 Å². The number of fused-ring (bicyclic) bond motifs is 1. The third-order valence-electron chi connectivity index (χ3n) is 5.88. The molecule has 0 saturated carbocycles. The average Bonchev–Trinajstić information content (AvgIpc) is 2.79. The van der Waals surface area contributed by atoms with Gasteiger partial charge < -0.3 is 19.8 Å². The van der Waals surface area contributed by atoms with Gasteiger partial charge in [-0.15, -0.1) is 0 Å². The van der Waals surface area contributed by atoms with Gasteiger partial charge in [-0.25, -0.2) is 17.5 Å². The lowest BCUT2D eigenvalue weighted by Gasteiger charge is -2.34. The van der Waals surface area contributed by atoms with Crippen LogP contribution in [0.25, 0.3) is 0 Å². The molecule has 0 aromatic heterocycles. The van der Waals surface area contributed by atoms with Crippen LogP contribution in [0.2, 0.25) is 0 Å². The predicted octanol–water partition coefficient (Wildman–Crippen LogP) is 3.36. The van der Waals surface area contributed by atoms with Crippen molar-refractivity contribution in [3.05, 3.63) is 70.2 Å². The summed E-state index contributed by atoms with van der Waals surface area (Å²) in [5.41, 5.74) is 1.54. The summed E-state index contributed by atoms with van der Waals surface area (Å²) in [7, 11) is -8.67. The van der Waals surface area contributed by atoms with Gasteiger partial charge in [0, 0.05) is 35.4 Å². The maximum Gasteiger partial charge on any atom is 0.472 e. The summed E-state index contributed by atoms with van der Waals surface area (Å²) in [5.74, 6) is 0.414. The highest BCUT2D eigenvalue weighted by atomic mass is 32.2. The number of sulfonamides is 1. The van der Waals surface area contributed by atoms with Crippen LogP contribution in [0.4, 0.5) is 0 Å². The lowest BCUT2D eigenvalue weighted by atomic mass is 9.81. The van der Waals surface area contributed by atoms with Gasteiger partial charge in [0.25, 0.3) is 0 Å². The van der Waals surface area contributed by atoms with E-state index in [1.165, 1.54) is 16.5 Å². The molecule has 3 rings (SSSR count). The molecular weight excluding hydrogens is 509 g/mol. The van der Waals surface area contributed by atoms with Crippen molar-refractivity contribution >= 4 is 29.3 Å². The number of hydrogen-bond donors (Lipinski definition) is 3. The molecule has 1 aliphatic carbocycles. The van der Waals surface area contributed by atoms with E-state index in [1.807, 2.05) is 13.8 Å². The van der Waals surface area contributed by atoms with Crippen molar-refractivity contribution < 1.29 is 37.3 Å². The number of hydrogen-bond acceptors (Lipinski definition) is 8. The molecule has 2 atom stereocenters. The molecule has 1 heterocycles. The van der Waals surface area contributed by atoms with Crippen LogP contribution in [-0.2, 0) is 23.9 Å². The Hall–Kier alpha value is -2.60. The normalized spacial score (nSPS) is 25.4. The second kappa shape index (κ2) is 11.2. The first kappa shape index (κ1) is 28.0. The number of oxime groups is 2. The van der Waals surface area contributed by atoms with Gasteiger partial charge in [0.2, 0.25) is 16.8 Å². The Morgan fingerprint density at radius 1 is 1.19 bits per heavy atom. The fourth-order valence-electron chi connectivity index (χ4n) is 4.43. The molecule has 2 unspecified atom stereocenters. The van der Waals surface area contributed by atoms with Gasteiger partial charge in [-0.2, -0.15) is 4.31 Å². The summed E-state index contributed by atoms with van der Waals surface area (Å²) in [6.07, 6.45) is 3.78. The Kier molecular flexibility index (Phi) is 8.71. The summed E-state index contributed by atoms with van der Waals surface area (Å²) < 4.78 is 43.9. The SMILES string of the molecule is C=C1C(=C\C(=C/C)S(=O)(=O)N2CC(C)CC(C)C2)/C(=N/OCOP(=O)(O)O)c2ccccc2/C1=N/O. The predicted molar refractivity (Wildman–Crippen MR) is 135 cm³/mol. The van der Waals surface area contributed by atoms with E-state index in [2.05, 4.69) is 21.4 Å². The number of phosphoric ester groups is 1. The highest BCUT2D eigenvalue weighted by Gasteiger charge is 2.35. The van der Waals surface area contributed by atoms with Crippen LogP contribution in [0.1, 0.15) is 38.3 Å². The summed E-state index contributed by atoms with van der Waals surface area (Å²) in [6, 6.07) is 6.73. The fraction of sp³-hybridized carbons (Fsp3) is 0.391. The zero-order chi connectivity index (χ0) is 26.7. The second-order valence-electron chi connectivity index (χ2n) is 8.80. The first-order chi connectivity index (χ1) is 16.9. The van der Waals surface area contributed by atoms with Gasteiger partial charge in [0.1, 0.15) is 11.4 Å². The van der Waals surface area contributed by atoms with Crippen LogP contribution in [0, 0.1) is 11.8 Å². The maximum absolute atomic E-state index is 13.6. The van der Waals surface area contributed by atoms with Crippen LogP contribution < -0.4 is 0 Å². The zero-order valence-corrected chi connectivity index (χ0v) is 21.9. The molecular formula is C23H30N3O8PS. The minimum Gasteiger partial charge on any atom is -0.410 e. The number of allylic oxidation sites excluding steroid dienone is 4. The van der Waals surface area contributed by atoms with Crippen molar-refractivity contribution in [2.75, 3.05) is 19.9 Å². The average molecular weight is 540 g/mol. The largest absolute Gasteiger partial charge is 0.472 e. The minimum atomic E-state index is -4.79. The van der Waals surface area contributed by atoms with E-state index < -0.39 is 24.6 Å². The number of piperidine rings is 1. The molecule has 196 valence electrons. The van der Waals surface area contributed by atoms with E-state index in [0.717, 1.165) is 6.42 Å². The van der Waals surface area contributed by atoms with Crippen molar-refractivity contribution in [3.63, 3.8) is 0 Å². The van der Waals surface area contributed by atoms with Crippen LogP contribution in [0.15, 0.2) is 69.4 Å². The number of rotatable bonds is 7. The molecule has 11 nitrogen and oxygen atoms in total. The van der Waals surface area contributed by atoms with Crippen LogP contribution >= 0.6 is 7.82 Å². The fourth-order valence-corrected chi connectivity index (χ4v) is 6.37. The van der Waals surface area contributed by atoms with Gasteiger partial charge >= 0.3 is 7.82 Å². The Morgan fingerprint density at radius 3 is 2.31 bits per heavy atom. The highest BCUT2D eigenvalue weighted by Crippen LogP contribution is 2.36. The number of benzene rings is 1. The van der Waals surface area contributed by atoms with Crippen LogP contribution in [0.5, 0.6) is 0 Å². The van der Waals surface area contributed by atoms with Gasteiger partial charge in [-0.05, 0) is 31.3 Å². The molecule has 0 amide bonds. The zero-order valence-electron chi connectivity index (χ0n) is 20.2. The van der Waals surface area contributed by atoms with E-state index in [0.29, 0.717) is 24.2 Å². The van der Waals surface area contributed by atoms with E-state index >= 15 is 0 Å². The molecule has 1 aromatic rings. The lowest BCUT2D eigenvalue weighted by molar-refractivity contribution is 0.00128. The molecule has 1 saturated heterocycles. The smallest absolute Gasteiger partial charge is 0.410 e. The first-order valence-corrected chi connectivity index (χ1v) is 14.2. The van der Waals surface area contributed by atoms with Crippen molar-refractivity contribution in [2.24, 2.45) is 22.1 Å². The molecule has 36 heavy (non-hydrogen) atoms. The summed E-state index contributed by atoms with van der Waals surface area (Å²) in [5, 5.41) is 17.1. The summed E-state index contributed by atoms with van der Waals surface area (Å²) >= 11 is 0. The third kappa shape index (κ3) is 6.20. The second-order valence-corrected chi connectivity index (χ2v) is 12.0. The molecule has 0 radical (unpaired) electrons. The van der Waals surface area contributed by atoms with Crippen LogP contribution in [0.3, 0.4) is 0 Å². The molecule has 13 heteroatoms. The first-order valence-electron chi connectivity index (χ1n) is 11.2. The standard InChI is InChI=1S/C23H30N3O8PS/c1-5-18(36(31,32)26-12-15(2)10-16(3)13-26)11-21-17(4)22(24-27)19-8-6-7-9-20(19)23(21)25-33-14-34-35(28,29)30/h5-9,11,15-16,27H,4,10,12-14H2,1-3H3,(H2,28,29,30)/b18-5+,21-11+,24-22+,25-23+. The number of phosphoric acid groups is 1. The molecule has 2 aliphatic rings. The summed E-state index contributed by atoms with van der Waals surface area (Å²) in [6.45, 7) is 9.54. The minimum absolute atomic E-state index is 0.00390. The Labute approximate surface area is 210 Å². The lowest BCUT2D eigenvalue weighted by Crippen LogP contribution is -2.42. The Morgan fingerprint density at radius 2 is 1.78 bits per heavy atom. The van der Waals surface area contributed by atoms with E-state index in [4.69, 9.17) is 14.6 Å². The summed E-state index contributed by atoms with van der Waals surface area (Å²) in [4.78, 5) is 22.8. The maximum atomic E-state index is 13.6. The van der Waals surface area contributed by atoms with E-state index in [1.54, 1.807) is 31.2 Å². The number of nitrogens with zero attached hydrogens (tertiary/aromatic N) is 3. The molecule has 0 spiro atoms. The topological polar surface area (TPSA) is 158 Å². The van der Waals surface area contributed by atoms with Crippen molar-refractivity contribution in [3.8, 4) is 0 Å². The monoisotopic (exact) mass is 539 g/mol. The molecule has 0 bridgehead atoms. The Balaban J connectivity index is 2.10. The molecule has 3 N–H and O–H groups in total. The quantitative estimate of drug-likeness (QED) is 0.156. The van der Waals surface area contributed by atoms with Gasteiger partial charge in [0.15, 0.2) is 0 Å². The Bertz CT molecular complexity index is 1290. The molecule has 1 aliphatic heterocycles. The van der Waals surface area contributed by atoms with E-state index in [-0.39, 0.29) is 39.3 Å². The van der Waals surface area contributed by atoms with Crippen molar-refractivity contribution in [2.45, 2.75) is 27.2 Å². The van der Waals surface area contributed by atoms with Gasteiger partial charge in [-0.1, -0.05) is 61.1 Å². The van der Waals surface area contributed by atoms with Crippen LogP contribution in [-0.4, -0.2) is 59.0 Å². The molecule has 1 aromatic carbocycles. The molecule has 1 fully saturated rings. The highest BCUT2D eigenvalue weighted by molar-refractivity contribution is 7.93. The third-order valence-corrected chi connectivity index (χ3v) is 8.25. The van der Waals surface area contributed by atoms with Gasteiger partial charge in [0.05, 0.1) is 4.91 Å². The van der Waals surface area contributed by atoms with Crippen molar-refractivity contribution in [1.29, 1.82) is 0 Å². The van der Waals surface area contributed by atoms with Gasteiger partial charge in [-0.3, -0.25) is 0 Å².